The number of carbonyl (C=O) groups excluding carboxylic acids is 1. The van der Waals surface area contributed by atoms with Gasteiger partial charge in [0.2, 0.25) is 0 Å². The van der Waals surface area contributed by atoms with E-state index in [2.05, 4.69) is 27.4 Å². The summed E-state index contributed by atoms with van der Waals surface area (Å²) in [7, 11) is 0. The summed E-state index contributed by atoms with van der Waals surface area (Å²) in [5, 5.41) is 7.34. The molecule has 3 heterocycles. The molecule has 1 aliphatic rings. The summed E-state index contributed by atoms with van der Waals surface area (Å²) in [6.45, 7) is 7.81. The Morgan fingerprint density at radius 1 is 1.03 bits per heavy atom. The Labute approximate surface area is 171 Å². The van der Waals surface area contributed by atoms with Crippen molar-refractivity contribution in [2.75, 3.05) is 18.4 Å². The van der Waals surface area contributed by atoms with Gasteiger partial charge in [-0.2, -0.15) is 5.10 Å². The molecule has 1 amide bonds. The molecule has 0 atom stereocenters. The van der Waals surface area contributed by atoms with Crippen molar-refractivity contribution >= 4 is 11.6 Å². The van der Waals surface area contributed by atoms with Crippen LogP contribution in [0.25, 0.3) is 0 Å². The Kier molecular flexibility index (Phi) is 5.81. The van der Waals surface area contributed by atoms with Crippen LogP contribution in [0.15, 0.2) is 46.9 Å². The second-order valence-corrected chi connectivity index (χ2v) is 7.84. The molecular formula is C23H28N4O2. The van der Waals surface area contributed by atoms with Gasteiger partial charge in [-0.1, -0.05) is 18.6 Å². The van der Waals surface area contributed by atoms with Crippen LogP contribution in [0.1, 0.15) is 52.5 Å². The number of nitrogens with one attached hydrogen (secondary N) is 1. The van der Waals surface area contributed by atoms with Crippen LogP contribution >= 0.6 is 0 Å². The SMILES string of the molecule is Cc1cc(C)n(Cc2ccc(C(=O)Nc3ccc(CN4CCCCC4)cc3)o2)n1. The van der Waals surface area contributed by atoms with Crippen molar-refractivity contribution in [2.45, 2.75) is 46.2 Å². The van der Waals surface area contributed by atoms with E-state index in [1.165, 1.54) is 37.9 Å². The lowest BCUT2D eigenvalue weighted by atomic mass is 10.1. The summed E-state index contributed by atoms with van der Waals surface area (Å²) in [4.78, 5) is 15.0. The minimum atomic E-state index is -0.242. The van der Waals surface area contributed by atoms with Crippen molar-refractivity contribution in [2.24, 2.45) is 0 Å². The summed E-state index contributed by atoms with van der Waals surface area (Å²) >= 11 is 0. The van der Waals surface area contributed by atoms with Crippen LogP contribution in [-0.4, -0.2) is 33.7 Å². The second-order valence-electron chi connectivity index (χ2n) is 7.84. The van der Waals surface area contributed by atoms with Crippen LogP contribution in [0.3, 0.4) is 0 Å². The molecule has 0 unspecified atom stereocenters. The predicted molar refractivity (Wildman–Crippen MR) is 113 cm³/mol. The van der Waals surface area contributed by atoms with Crippen molar-refractivity contribution in [1.82, 2.24) is 14.7 Å². The first kappa shape index (κ1) is 19.5. The average Bonchev–Trinajstić information content (AvgIpc) is 3.30. The van der Waals surface area contributed by atoms with E-state index in [9.17, 15) is 4.79 Å². The highest BCUT2D eigenvalue weighted by atomic mass is 16.4. The summed E-state index contributed by atoms with van der Waals surface area (Å²) in [5.74, 6) is 0.769. The number of furan rings is 1. The molecule has 6 heteroatoms. The van der Waals surface area contributed by atoms with Crippen molar-refractivity contribution in [1.29, 1.82) is 0 Å². The number of likely N-dealkylation sites (tertiary alicyclic amines) is 1. The van der Waals surface area contributed by atoms with E-state index in [-0.39, 0.29) is 5.91 Å². The van der Waals surface area contributed by atoms with Crippen LogP contribution in [-0.2, 0) is 13.1 Å². The molecule has 6 nitrogen and oxygen atoms in total. The topological polar surface area (TPSA) is 63.3 Å². The summed E-state index contributed by atoms with van der Waals surface area (Å²) in [6.07, 6.45) is 3.93. The molecule has 1 aromatic carbocycles. The number of aryl methyl sites for hydroxylation is 2. The Bertz CT molecular complexity index is 965. The molecule has 0 aliphatic carbocycles. The first-order valence-corrected chi connectivity index (χ1v) is 10.3. The monoisotopic (exact) mass is 392 g/mol. The molecule has 1 aliphatic heterocycles. The third-order valence-electron chi connectivity index (χ3n) is 5.36. The Balaban J connectivity index is 1.34. The fraction of sp³-hybridized carbons (Fsp3) is 0.391. The van der Waals surface area contributed by atoms with E-state index in [4.69, 9.17) is 4.42 Å². The lowest BCUT2D eigenvalue weighted by Gasteiger charge is -2.26. The molecule has 0 spiro atoms. The van der Waals surface area contributed by atoms with Gasteiger partial charge in [0.15, 0.2) is 5.76 Å². The largest absolute Gasteiger partial charge is 0.454 e. The molecule has 2 aromatic heterocycles. The number of anilines is 1. The standard InChI is InChI=1S/C23H28N4O2/c1-17-14-18(2)27(25-17)16-21-10-11-22(29-21)23(28)24-20-8-6-19(7-9-20)15-26-12-4-3-5-13-26/h6-11,14H,3-5,12-13,15-16H2,1-2H3,(H,24,28). The van der Waals surface area contributed by atoms with E-state index < -0.39 is 0 Å². The van der Waals surface area contributed by atoms with Crippen LogP contribution in [0.5, 0.6) is 0 Å². The Morgan fingerprint density at radius 3 is 2.48 bits per heavy atom. The van der Waals surface area contributed by atoms with Crippen LogP contribution in [0.4, 0.5) is 5.69 Å². The number of amides is 1. The molecular weight excluding hydrogens is 364 g/mol. The van der Waals surface area contributed by atoms with Gasteiger partial charge in [0.1, 0.15) is 5.76 Å². The maximum absolute atomic E-state index is 12.5. The predicted octanol–water partition coefficient (Wildman–Crippen LogP) is 4.38. The van der Waals surface area contributed by atoms with Crippen molar-refractivity contribution in [3.05, 3.63) is 70.9 Å². The maximum Gasteiger partial charge on any atom is 0.291 e. The Morgan fingerprint density at radius 2 is 1.79 bits per heavy atom. The van der Waals surface area contributed by atoms with E-state index in [1.807, 2.05) is 42.8 Å². The molecule has 3 aromatic rings. The molecule has 1 saturated heterocycles. The van der Waals surface area contributed by atoms with Gasteiger partial charge in [-0.05, 0) is 75.7 Å². The fourth-order valence-electron chi connectivity index (χ4n) is 3.83. The number of hydrogen-bond acceptors (Lipinski definition) is 4. The highest BCUT2D eigenvalue weighted by molar-refractivity contribution is 6.02. The average molecular weight is 393 g/mol. The molecule has 0 saturated carbocycles. The van der Waals surface area contributed by atoms with Gasteiger partial charge >= 0.3 is 0 Å². The van der Waals surface area contributed by atoms with E-state index in [0.29, 0.717) is 18.1 Å². The normalized spacial score (nSPS) is 14.8. The quantitative estimate of drug-likeness (QED) is 0.676. The number of rotatable bonds is 6. The third-order valence-corrected chi connectivity index (χ3v) is 5.36. The summed E-state index contributed by atoms with van der Waals surface area (Å²) < 4.78 is 7.60. The highest BCUT2D eigenvalue weighted by Crippen LogP contribution is 2.17. The third kappa shape index (κ3) is 4.95. The Hall–Kier alpha value is -2.86. The van der Waals surface area contributed by atoms with Crippen molar-refractivity contribution in [3.8, 4) is 0 Å². The van der Waals surface area contributed by atoms with Gasteiger partial charge in [0.05, 0.1) is 12.2 Å². The van der Waals surface area contributed by atoms with Gasteiger partial charge in [-0.3, -0.25) is 14.4 Å². The lowest BCUT2D eigenvalue weighted by Crippen LogP contribution is -2.29. The fourth-order valence-corrected chi connectivity index (χ4v) is 3.83. The van der Waals surface area contributed by atoms with Gasteiger partial charge in [-0.15, -0.1) is 0 Å². The van der Waals surface area contributed by atoms with Gasteiger partial charge in [0.25, 0.3) is 5.91 Å². The lowest BCUT2D eigenvalue weighted by molar-refractivity contribution is 0.0994. The minimum Gasteiger partial charge on any atom is -0.454 e. The molecule has 29 heavy (non-hydrogen) atoms. The number of carbonyl (C=O) groups is 1. The van der Waals surface area contributed by atoms with Crippen LogP contribution < -0.4 is 5.32 Å². The van der Waals surface area contributed by atoms with E-state index in [1.54, 1.807) is 6.07 Å². The molecule has 152 valence electrons. The molecule has 1 N–H and O–H groups in total. The summed E-state index contributed by atoms with van der Waals surface area (Å²) in [6, 6.07) is 13.6. The minimum absolute atomic E-state index is 0.242. The summed E-state index contributed by atoms with van der Waals surface area (Å²) in [5.41, 5.74) is 4.08. The van der Waals surface area contributed by atoms with Gasteiger partial charge in [0, 0.05) is 17.9 Å². The number of piperidine rings is 1. The first-order valence-electron chi connectivity index (χ1n) is 10.3. The zero-order valence-electron chi connectivity index (χ0n) is 17.1. The maximum atomic E-state index is 12.5. The molecule has 0 bridgehead atoms. The smallest absolute Gasteiger partial charge is 0.291 e. The van der Waals surface area contributed by atoms with Crippen molar-refractivity contribution in [3.63, 3.8) is 0 Å². The zero-order valence-corrected chi connectivity index (χ0v) is 17.1. The zero-order chi connectivity index (χ0) is 20.2. The van der Waals surface area contributed by atoms with Crippen LogP contribution in [0, 0.1) is 13.8 Å². The van der Waals surface area contributed by atoms with Gasteiger partial charge in [-0.25, -0.2) is 0 Å². The molecule has 0 radical (unpaired) electrons. The number of hydrogen-bond donors (Lipinski definition) is 1. The highest BCUT2D eigenvalue weighted by Gasteiger charge is 2.14. The second kappa shape index (κ2) is 8.66. The molecule has 1 fully saturated rings. The van der Waals surface area contributed by atoms with Crippen molar-refractivity contribution < 1.29 is 9.21 Å². The number of benzene rings is 1. The molecule has 4 rings (SSSR count). The number of nitrogens with zero attached hydrogens (tertiary/aromatic N) is 3. The number of aromatic nitrogens is 2. The van der Waals surface area contributed by atoms with Crippen LogP contribution in [0.2, 0.25) is 0 Å². The van der Waals surface area contributed by atoms with E-state index >= 15 is 0 Å². The first-order chi connectivity index (χ1) is 14.1. The van der Waals surface area contributed by atoms with E-state index in [0.717, 1.165) is 23.6 Å². The van der Waals surface area contributed by atoms with Gasteiger partial charge < -0.3 is 9.73 Å².